The number of fused-ring (bicyclic) bond motifs is 1. The topological polar surface area (TPSA) is 59.9 Å². The molecule has 19 heavy (non-hydrogen) atoms. The summed E-state index contributed by atoms with van der Waals surface area (Å²) >= 11 is 3.92. The molecule has 3 aromatic rings. The molecule has 0 atom stereocenters. The zero-order chi connectivity index (χ0) is 13.5. The van der Waals surface area contributed by atoms with E-state index in [1.807, 2.05) is 24.3 Å². The summed E-state index contributed by atoms with van der Waals surface area (Å²) in [5, 5.41) is 1.88. The Kier molecular flexibility index (Phi) is 3.12. The fraction of sp³-hybridized carbons (Fsp3) is 0. The molecule has 7 heteroatoms. The number of hydrogen-bond acceptors (Lipinski definition) is 5. The molecular formula is C12H7BrN2O2S2. The van der Waals surface area contributed by atoms with Crippen molar-refractivity contribution < 1.29 is 8.42 Å². The van der Waals surface area contributed by atoms with Crippen molar-refractivity contribution in [1.82, 2.24) is 9.36 Å². The minimum Gasteiger partial charge on any atom is -0.216 e. The van der Waals surface area contributed by atoms with Crippen LogP contribution in [0.2, 0.25) is 0 Å². The van der Waals surface area contributed by atoms with Crippen molar-refractivity contribution in [2.75, 3.05) is 0 Å². The molecule has 0 bridgehead atoms. The number of rotatable bonds is 2. The lowest BCUT2D eigenvalue weighted by molar-refractivity contribution is 0.595. The Labute approximate surface area is 122 Å². The predicted molar refractivity (Wildman–Crippen MR) is 77.0 cm³/mol. The molecule has 1 heterocycles. The molecule has 96 valence electrons. The second-order valence-corrected chi connectivity index (χ2v) is 7.43. The van der Waals surface area contributed by atoms with Crippen molar-refractivity contribution in [1.29, 1.82) is 0 Å². The third kappa shape index (κ3) is 2.29. The highest BCUT2D eigenvalue weighted by molar-refractivity contribution is 9.10. The van der Waals surface area contributed by atoms with Crippen molar-refractivity contribution >= 4 is 48.1 Å². The second-order valence-electron chi connectivity index (χ2n) is 3.84. The first-order chi connectivity index (χ1) is 9.07. The molecule has 0 aliphatic carbocycles. The minimum absolute atomic E-state index is 0.00495. The van der Waals surface area contributed by atoms with Crippen molar-refractivity contribution in [3.05, 3.63) is 47.2 Å². The van der Waals surface area contributed by atoms with Crippen LogP contribution in [-0.2, 0) is 9.84 Å². The van der Waals surface area contributed by atoms with Crippen LogP contribution in [0.3, 0.4) is 0 Å². The average Bonchev–Trinajstić information content (AvgIpc) is 2.85. The van der Waals surface area contributed by atoms with Gasteiger partial charge in [-0.05, 0) is 50.4 Å². The molecular weight excluding hydrogens is 348 g/mol. The zero-order valence-electron chi connectivity index (χ0n) is 9.45. The molecule has 1 aromatic heterocycles. The summed E-state index contributed by atoms with van der Waals surface area (Å²) in [6.07, 6.45) is 0. The highest BCUT2D eigenvalue weighted by Gasteiger charge is 2.22. The normalized spacial score (nSPS) is 11.8. The Hall–Kier alpha value is -1.31. The maximum atomic E-state index is 12.4. The van der Waals surface area contributed by atoms with Crippen molar-refractivity contribution in [2.45, 2.75) is 9.24 Å². The molecule has 0 amide bonds. The van der Waals surface area contributed by atoms with Crippen molar-refractivity contribution in [2.24, 2.45) is 0 Å². The van der Waals surface area contributed by atoms with E-state index in [1.165, 1.54) is 0 Å². The molecule has 0 radical (unpaired) electrons. The molecule has 0 fully saturated rings. The van der Waals surface area contributed by atoms with Gasteiger partial charge in [0.1, 0.15) is 0 Å². The molecule has 2 aromatic carbocycles. The van der Waals surface area contributed by atoms with Gasteiger partial charge in [0.25, 0.3) is 0 Å². The van der Waals surface area contributed by atoms with Crippen molar-refractivity contribution in [3.8, 4) is 0 Å². The van der Waals surface area contributed by atoms with Crippen LogP contribution in [0.25, 0.3) is 10.8 Å². The van der Waals surface area contributed by atoms with E-state index in [-0.39, 0.29) is 14.0 Å². The molecule has 0 unspecified atom stereocenters. The summed E-state index contributed by atoms with van der Waals surface area (Å²) in [6, 6.07) is 12.6. The summed E-state index contributed by atoms with van der Waals surface area (Å²) in [4.78, 5) is 4.11. The molecule has 4 nitrogen and oxygen atoms in total. The van der Waals surface area contributed by atoms with Crippen LogP contribution in [0.15, 0.2) is 56.4 Å². The van der Waals surface area contributed by atoms with Crippen LogP contribution in [0.4, 0.5) is 0 Å². The van der Waals surface area contributed by atoms with Gasteiger partial charge in [0.05, 0.1) is 4.90 Å². The van der Waals surface area contributed by atoms with Crippen LogP contribution in [-0.4, -0.2) is 17.8 Å². The van der Waals surface area contributed by atoms with Gasteiger partial charge < -0.3 is 0 Å². The average molecular weight is 355 g/mol. The molecule has 0 saturated heterocycles. The predicted octanol–water partition coefficient (Wildman–Crippen LogP) is 3.29. The third-order valence-electron chi connectivity index (χ3n) is 2.64. The molecule has 0 aliphatic heterocycles. The van der Waals surface area contributed by atoms with Crippen LogP contribution in [0, 0.1) is 0 Å². The van der Waals surface area contributed by atoms with Gasteiger partial charge >= 0.3 is 0 Å². The summed E-state index contributed by atoms with van der Waals surface area (Å²) in [5.74, 6) is 0. The van der Waals surface area contributed by atoms with Gasteiger partial charge in [-0.2, -0.15) is 9.36 Å². The van der Waals surface area contributed by atoms with E-state index in [0.717, 1.165) is 22.3 Å². The number of aromatic nitrogens is 2. The van der Waals surface area contributed by atoms with Crippen LogP contribution in [0.5, 0.6) is 0 Å². The third-order valence-corrected chi connectivity index (χ3v) is 6.05. The van der Waals surface area contributed by atoms with E-state index in [4.69, 9.17) is 0 Å². The summed E-state index contributed by atoms with van der Waals surface area (Å²) in [5.41, 5.74) is 0. The SMILES string of the molecule is O=S(=O)(c1ccc2ccccc2c1)c1nc(Br)ns1. The van der Waals surface area contributed by atoms with E-state index in [9.17, 15) is 8.42 Å². The fourth-order valence-corrected chi connectivity index (χ4v) is 4.42. The molecule has 0 spiro atoms. The van der Waals surface area contributed by atoms with E-state index >= 15 is 0 Å². The van der Waals surface area contributed by atoms with Gasteiger partial charge in [-0.1, -0.05) is 30.3 Å². The lowest BCUT2D eigenvalue weighted by Crippen LogP contribution is -2.01. The van der Waals surface area contributed by atoms with Gasteiger partial charge in [0.2, 0.25) is 18.9 Å². The smallest absolute Gasteiger partial charge is 0.216 e. The first-order valence-corrected chi connectivity index (χ1v) is 8.35. The first kappa shape index (κ1) is 12.7. The fourth-order valence-electron chi connectivity index (χ4n) is 1.74. The van der Waals surface area contributed by atoms with Gasteiger partial charge in [-0.3, -0.25) is 0 Å². The maximum absolute atomic E-state index is 12.4. The monoisotopic (exact) mass is 354 g/mol. The zero-order valence-corrected chi connectivity index (χ0v) is 12.7. The summed E-state index contributed by atoms with van der Waals surface area (Å²) < 4.78 is 28.9. The Morgan fingerprint density at radius 1 is 1.05 bits per heavy atom. The molecule has 0 saturated carbocycles. The first-order valence-electron chi connectivity index (χ1n) is 5.30. The minimum atomic E-state index is -3.59. The summed E-state index contributed by atoms with van der Waals surface area (Å²) in [7, 11) is -3.59. The Balaban J connectivity index is 2.18. The summed E-state index contributed by atoms with van der Waals surface area (Å²) in [6.45, 7) is 0. The van der Waals surface area contributed by atoms with Gasteiger partial charge in [-0.15, -0.1) is 0 Å². The number of benzene rings is 2. The van der Waals surface area contributed by atoms with Gasteiger partial charge in [-0.25, -0.2) is 8.42 Å². The quantitative estimate of drug-likeness (QED) is 0.708. The molecule has 3 rings (SSSR count). The number of nitrogens with zero attached hydrogens (tertiary/aromatic N) is 2. The maximum Gasteiger partial charge on any atom is 0.235 e. The van der Waals surface area contributed by atoms with Gasteiger partial charge in [0, 0.05) is 0 Å². The van der Waals surface area contributed by atoms with E-state index in [1.54, 1.807) is 18.2 Å². The highest BCUT2D eigenvalue weighted by Crippen LogP contribution is 2.26. The number of hydrogen-bond donors (Lipinski definition) is 0. The van der Waals surface area contributed by atoms with Crippen LogP contribution < -0.4 is 0 Å². The largest absolute Gasteiger partial charge is 0.235 e. The van der Waals surface area contributed by atoms with Crippen LogP contribution in [0.1, 0.15) is 0 Å². The van der Waals surface area contributed by atoms with E-state index in [0.29, 0.717) is 0 Å². The highest BCUT2D eigenvalue weighted by atomic mass is 79.9. The standard InChI is InChI=1S/C12H7BrN2O2S2/c13-11-14-12(18-15-11)19(16,17)10-6-5-8-3-1-2-4-9(8)7-10/h1-7H. The molecule has 0 N–H and O–H groups in total. The number of halogens is 1. The van der Waals surface area contributed by atoms with Crippen molar-refractivity contribution in [3.63, 3.8) is 0 Å². The Morgan fingerprint density at radius 2 is 1.79 bits per heavy atom. The molecule has 0 aliphatic rings. The lowest BCUT2D eigenvalue weighted by atomic mass is 10.1. The van der Waals surface area contributed by atoms with E-state index < -0.39 is 9.84 Å². The second kappa shape index (κ2) is 4.66. The Bertz CT molecular complexity index is 859. The van der Waals surface area contributed by atoms with E-state index in [2.05, 4.69) is 25.3 Å². The number of sulfone groups is 1. The van der Waals surface area contributed by atoms with Crippen LogP contribution >= 0.6 is 27.5 Å². The lowest BCUT2D eigenvalue weighted by Gasteiger charge is -2.02. The Morgan fingerprint density at radius 3 is 2.47 bits per heavy atom. The van der Waals surface area contributed by atoms with Gasteiger partial charge in [0.15, 0.2) is 0 Å².